The number of hydrogen-bond donors (Lipinski definition) is 3. The first kappa shape index (κ1) is 11.3. The first-order valence-electron chi connectivity index (χ1n) is 5.39. The number of nitrogens with zero attached hydrogens (tertiary/aromatic N) is 1. The number of nitrogens with two attached hydrogens (primary N) is 2. The molecule has 5 N–H and O–H groups in total. The molecule has 0 aromatic carbocycles. The Morgan fingerprint density at radius 2 is 2.31 bits per heavy atom. The SMILES string of the molecule is NCCCNc1nc(N)c(C2(C=O)CC2)s1. The van der Waals surface area contributed by atoms with Crippen LogP contribution in [0, 0.1) is 0 Å². The largest absolute Gasteiger partial charge is 0.383 e. The predicted molar refractivity (Wildman–Crippen MR) is 65.7 cm³/mol. The molecule has 0 spiro atoms. The van der Waals surface area contributed by atoms with Gasteiger partial charge >= 0.3 is 0 Å². The van der Waals surface area contributed by atoms with Gasteiger partial charge in [-0.3, -0.25) is 0 Å². The monoisotopic (exact) mass is 240 g/mol. The summed E-state index contributed by atoms with van der Waals surface area (Å²) in [6, 6.07) is 0. The Hall–Kier alpha value is -1.14. The van der Waals surface area contributed by atoms with Crippen LogP contribution in [-0.2, 0) is 10.2 Å². The number of aromatic nitrogens is 1. The quantitative estimate of drug-likeness (QED) is 0.503. The minimum Gasteiger partial charge on any atom is -0.383 e. The van der Waals surface area contributed by atoms with Crippen molar-refractivity contribution in [3.05, 3.63) is 4.88 Å². The van der Waals surface area contributed by atoms with Crippen LogP contribution in [0.3, 0.4) is 0 Å². The standard InChI is InChI=1S/C10H16N4OS/c11-4-1-5-13-9-14-8(12)7(16-9)10(6-15)2-3-10/h6H,1-5,11-12H2,(H,13,14). The van der Waals surface area contributed by atoms with Gasteiger partial charge in [0.1, 0.15) is 12.1 Å². The maximum atomic E-state index is 11.0. The highest BCUT2D eigenvalue weighted by atomic mass is 32.1. The normalized spacial score (nSPS) is 17.1. The van der Waals surface area contributed by atoms with Crippen molar-refractivity contribution < 1.29 is 4.79 Å². The molecule has 2 rings (SSSR count). The Morgan fingerprint density at radius 3 is 2.88 bits per heavy atom. The molecule has 0 aliphatic heterocycles. The van der Waals surface area contributed by atoms with Crippen LogP contribution in [0.4, 0.5) is 10.9 Å². The van der Waals surface area contributed by atoms with Gasteiger partial charge in [-0.15, -0.1) is 0 Å². The second-order valence-electron chi connectivity index (χ2n) is 4.08. The highest BCUT2D eigenvalue weighted by Crippen LogP contribution is 2.51. The van der Waals surface area contributed by atoms with E-state index in [1.165, 1.54) is 11.3 Å². The van der Waals surface area contributed by atoms with Crippen molar-refractivity contribution >= 4 is 28.6 Å². The number of carbonyl (C=O) groups is 1. The third-order valence-corrected chi connectivity index (χ3v) is 4.03. The van der Waals surface area contributed by atoms with E-state index in [9.17, 15) is 4.79 Å². The first-order chi connectivity index (χ1) is 7.72. The summed E-state index contributed by atoms with van der Waals surface area (Å²) in [5, 5.41) is 3.95. The van der Waals surface area contributed by atoms with E-state index in [0.29, 0.717) is 12.4 Å². The minimum atomic E-state index is -0.324. The lowest BCUT2D eigenvalue weighted by atomic mass is 10.1. The molecule has 1 aliphatic carbocycles. The summed E-state index contributed by atoms with van der Waals surface area (Å²) in [6.45, 7) is 1.44. The maximum Gasteiger partial charge on any atom is 0.184 e. The highest BCUT2D eigenvalue weighted by molar-refractivity contribution is 7.16. The van der Waals surface area contributed by atoms with Crippen LogP contribution in [0.1, 0.15) is 24.1 Å². The van der Waals surface area contributed by atoms with Crippen LogP contribution in [0.15, 0.2) is 0 Å². The molecular weight excluding hydrogens is 224 g/mol. The molecular formula is C10H16N4OS. The van der Waals surface area contributed by atoms with Crippen molar-refractivity contribution in [3.8, 4) is 0 Å². The molecule has 0 saturated heterocycles. The van der Waals surface area contributed by atoms with E-state index in [1.807, 2.05) is 0 Å². The van der Waals surface area contributed by atoms with E-state index >= 15 is 0 Å². The number of carbonyl (C=O) groups excluding carboxylic acids is 1. The molecule has 0 radical (unpaired) electrons. The molecule has 1 aromatic rings. The van der Waals surface area contributed by atoms with E-state index in [2.05, 4.69) is 10.3 Å². The third-order valence-electron chi connectivity index (χ3n) is 2.78. The number of thiazole rings is 1. The number of anilines is 2. The molecule has 1 fully saturated rings. The van der Waals surface area contributed by atoms with Gasteiger partial charge in [0.15, 0.2) is 5.13 Å². The first-order valence-corrected chi connectivity index (χ1v) is 6.20. The second-order valence-corrected chi connectivity index (χ2v) is 5.08. The van der Waals surface area contributed by atoms with E-state index in [-0.39, 0.29) is 5.41 Å². The summed E-state index contributed by atoms with van der Waals surface area (Å²) in [4.78, 5) is 16.1. The summed E-state index contributed by atoms with van der Waals surface area (Å²) in [7, 11) is 0. The summed E-state index contributed by atoms with van der Waals surface area (Å²) in [6.07, 6.45) is 3.68. The summed E-state index contributed by atoms with van der Waals surface area (Å²) in [5.74, 6) is 0.491. The number of nitrogens with one attached hydrogen (secondary N) is 1. The second kappa shape index (κ2) is 4.39. The number of nitrogen functional groups attached to an aromatic ring is 1. The van der Waals surface area contributed by atoms with E-state index < -0.39 is 0 Å². The molecule has 0 unspecified atom stereocenters. The molecule has 1 aliphatic rings. The summed E-state index contributed by atoms with van der Waals surface area (Å²) >= 11 is 1.48. The van der Waals surface area contributed by atoms with Gasteiger partial charge in [0.25, 0.3) is 0 Å². The van der Waals surface area contributed by atoms with E-state index in [0.717, 1.165) is 42.1 Å². The lowest BCUT2D eigenvalue weighted by Crippen LogP contribution is -2.08. The van der Waals surface area contributed by atoms with Crippen LogP contribution in [0.25, 0.3) is 0 Å². The van der Waals surface area contributed by atoms with E-state index in [4.69, 9.17) is 11.5 Å². The molecule has 1 heterocycles. The van der Waals surface area contributed by atoms with Crippen molar-refractivity contribution in [2.24, 2.45) is 5.73 Å². The van der Waals surface area contributed by atoms with Crippen LogP contribution in [0.5, 0.6) is 0 Å². The topological polar surface area (TPSA) is 94.0 Å². The predicted octanol–water partition coefficient (Wildman–Crippen LogP) is 0.716. The average molecular weight is 240 g/mol. The van der Waals surface area contributed by atoms with Gasteiger partial charge in [-0.05, 0) is 25.8 Å². The Balaban J connectivity index is 2.07. The molecule has 1 aromatic heterocycles. The zero-order valence-electron chi connectivity index (χ0n) is 9.03. The van der Waals surface area contributed by atoms with Crippen molar-refractivity contribution in [2.75, 3.05) is 24.1 Å². The molecule has 0 bridgehead atoms. The fourth-order valence-electron chi connectivity index (χ4n) is 1.59. The van der Waals surface area contributed by atoms with Crippen LogP contribution in [0.2, 0.25) is 0 Å². The Labute approximate surface area is 98.2 Å². The Morgan fingerprint density at radius 1 is 1.56 bits per heavy atom. The zero-order valence-corrected chi connectivity index (χ0v) is 9.85. The lowest BCUT2D eigenvalue weighted by Gasteiger charge is -2.02. The van der Waals surface area contributed by atoms with Crippen molar-refractivity contribution in [2.45, 2.75) is 24.7 Å². The highest BCUT2D eigenvalue weighted by Gasteiger charge is 2.47. The number of aldehydes is 1. The van der Waals surface area contributed by atoms with Gasteiger partial charge in [0, 0.05) is 6.54 Å². The molecule has 0 atom stereocenters. The fraction of sp³-hybridized carbons (Fsp3) is 0.600. The van der Waals surface area contributed by atoms with Gasteiger partial charge in [-0.25, -0.2) is 4.98 Å². The number of rotatable bonds is 6. The van der Waals surface area contributed by atoms with Crippen LogP contribution >= 0.6 is 11.3 Å². The van der Waals surface area contributed by atoms with Gasteiger partial charge in [0.05, 0.1) is 10.3 Å². The molecule has 6 heteroatoms. The lowest BCUT2D eigenvalue weighted by molar-refractivity contribution is -0.109. The fourth-order valence-corrected chi connectivity index (χ4v) is 2.71. The maximum absolute atomic E-state index is 11.0. The number of hydrogen-bond acceptors (Lipinski definition) is 6. The minimum absolute atomic E-state index is 0.324. The molecule has 1 saturated carbocycles. The van der Waals surface area contributed by atoms with E-state index in [1.54, 1.807) is 0 Å². The Kier molecular flexibility index (Phi) is 3.11. The zero-order chi connectivity index (χ0) is 11.6. The summed E-state index contributed by atoms with van der Waals surface area (Å²) < 4.78 is 0. The average Bonchev–Trinajstić information content (AvgIpc) is 2.99. The molecule has 0 amide bonds. The van der Waals surface area contributed by atoms with Crippen LogP contribution < -0.4 is 16.8 Å². The molecule has 5 nitrogen and oxygen atoms in total. The van der Waals surface area contributed by atoms with Gasteiger partial charge < -0.3 is 21.6 Å². The van der Waals surface area contributed by atoms with Gasteiger partial charge in [0.2, 0.25) is 0 Å². The van der Waals surface area contributed by atoms with Crippen molar-refractivity contribution in [3.63, 3.8) is 0 Å². The smallest absolute Gasteiger partial charge is 0.184 e. The third kappa shape index (κ3) is 2.03. The molecule has 16 heavy (non-hydrogen) atoms. The van der Waals surface area contributed by atoms with Gasteiger partial charge in [-0.1, -0.05) is 11.3 Å². The van der Waals surface area contributed by atoms with Crippen molar-refractivity contribution in [1.29, 1.82) is 0 Å². The van der Waals surface area contributed by atoms with Crippen LogP contribution in [-0.4, -0.2) is 24.4 Å². The Bertz CT molecular complexity index is 386. The van der Waals surface area contributed by atoms with Gasteiger partial charge in [-0.2, -0.15) is 0 Å². The summed E-state index contributed by atoms with van der Waals surface area (Å²) in [5.41, 5.74) is 10.9. The molecule has 88 valence electrons. The van der Waals surface area contributed by atoms with Crippen molar-refractivity contribution in [1.82, 2.24) is 4.98 Å².